The lowest BCUT2D eigenvalue weighted by atomic mass is 9.91. The Balaban J connectivity index is 2.31. The van der Waals surface area contributed by atoms with Crippen LogP contribution in [0.2, 0.25) is 0 Å². The van der Waals surface area contributed by atoms with Crippen LogP contribution in [0.3, 0.4) is 0 Å². The third-order valence-electron chi connectivity index (χ3n) is 3.01. The van der Waals surface area contributed by atoms with Gasteiger partial charge in [-0.3, -0.25) is 4.79 Å². The molecule has 0 atom stereocenters. The first kappa shape index (κ1) is 13.5. The molecule has 0 bridgehead atoms. The third-order valence-corrected chi connectivity index (χ3v) is 3.01. The lowest BCUT2D eigenvalue weighted by Gasteiger charge is -2.37. The minimum absolute atomic E-state index is 0.131. The van der Waals surface area contributed by atoms with Gasteiger partial charge in [0.25, 0.3) is 0 Å². The van der Waals surface area contributed by atoms with E-state index in [4.69, 9.17) is 10.5 Å². The first-order valence-electron chi connectivity index (χ1n) is 6.36. The van der Waals surface area contributed by atoms with Gasteiger partial charge in [-0.25, -0.2) is 0 Å². The molecule has 0 saturated heterocycles. The van der Waals surface area contributed by atoms with E-state index in [2.05, 4.69) is 0 Å². The largest absolute Gasteiger partial charge is 0.372 e. The molecule has 2 N–H and O–H groups in total. The Morgan fingerprint density at radius 3 is 2.75 bits per heavy atom. The number of nitrogens with two attached hydrogens (primary N) is 1. The molecular weight excluding hydrogens is 204 g/mol. The highest BCUT2D eigenvalue weighted by molar-refractivity contribution is 5.77. The molecule has 1 fully saturated rings. The first-order valence-corrected chi connectivity index (χ1v) is 6.36. The molecule has 4 heteroatoms. The average Bonchev–Trinajstić information content (AvgIpc) is 2.21. The van der Waals surface area contributed by atoms with Crippen molar-refractivity contribution in [2.45, 2.75) is 45.1 Å². The summed E-state index contributed by atoms with van der Waals surface area (Å²) in [5, 5.41) is 0. The van der Waals surface area contributed by atoms with Crippen molar-refractivity contribution in [1.29, 1.82) is 0 Å². The summed E-state index contributed by atoms with van der Waals surface area (Å²) in [4.78, 5) is 13.9. The van der Waals surface area contributed by atoms with E-state index >= 15 is 0 Å². The minimum Gasteiger partial charge on any atom is -0.372 e. The molecule has 1 aliphatic carbocycles. The number of ether oxygens (including phenoxy) is 1. The van der Waals surface area contributed by atoms with Crippen LogP contribution in [0, 0.1) is 0 Å². The zero-order chi connectivity index (χ0) is 11.8. The molecule has 0 aliphatic heterocycles. The van der Waals surface area contributed by atoms with Gasteiger partial charge in [0.15, 0.2) is 0 Å². The smallest absolute Gasteiger partial charge is 0.248 e. The highest BCUT2D eigenvalue weighted by atomic mass is 16.5. The maximum absolute atomic E-state index is 11.9. The number of hydrogen-bond donors (Lipinski definition) is 1. The normalized spacial score (nSPS) is 15.9. The zero-order valence-electron chi connectivity index (χ0n) is 10.3. The summed E-state index contributed by atoms with van der Waals surface area (Å²) in [7, 11) is 0. The van der Waals surface area contributed by atoms with Crippen molar-refractivity contribution in [2.24, 2.45) is 5.73 Å². The molecule has 0 radical (unpaired) electrons. The van der Waals surface area contributed by atoms with Crippen LogP contribution >= 0.6 is 0 Å². The standard InChI is InChI=1S/C12H24N2O2/c1-2-9-16-10-12(15)14(8-4-7-13)11-5-3-6-11/h11H,2-10,13H2,1H3. The summed E-state index contributed by atoms with van der Waals surface area (Å²) in [6.07, 6.45) is 5.37. The van der Waals surface area contributed by atoms with E-state index in [9.17, 15) is 4.79 Å². The molecule has 94 valence electrons. The predicted octanol–water partition coefficient (Wildman–Crippen LogP) is 1.14. The molecule has 0 aromatic carbocycles. The molecule has 4 nitrogen and oxygen atoms in total. The Bertz CT molecular complexity index is 205. The van der Waals surface area contributed by atoms with Crippen LogP contribution in [0.15, 0.2) is 0 Å². The molecule has 1 saturated carbocycles. The summed E-state index contributed by atoms with van der Waals surface area (Å²) in [5.74, 6) is 0.131. The fraction of sp³-hybridized carbons (Fsp3) is 0.917. The van der Waals surface area contributed by atoms with Gasteiger partial charge in [0.2, 0.25) is 5.91 Å². The van der Waals surface area contributed by atoms with Crippen molar-refractivity contribution in [3.05, 3.63) is 0 Å². The highest BCUT2D eigenvalue weighted by Crippen LogP contribution is 2.24. The van der Waals surface area contributed by atoms with Crippen LogP contribution in [0.25, 0.3) is 0 Å². The molecule has 1 rings (SSSR count). The number of amides is 1. The van der Waals surface area contributed by atoms with Gasteiger partial charge in [-0.15, -0.1) is 0 Å². The lowest BCUT2D eigenvalue weighted by molar-refractivity contribution is -0.140. The predicted molar refractivity (Wildman–Crippen MR) is 64.1 cm³/mol. The third kappa shape index (κ3) is 4.10. The number of carbonyl (C=O) groups excluding carboxylic acids is 1. The van der Waals surface area contributed by atoms with Crippen LogP contribution in [-0.4, -0.2) is 43.2 Å². The number of nitrogens with zero attached hydrogens (tertiary/aromatic N) is 1. The van der Waals surface area contributed by atoms with E-state index in [1.165, 1.54) is 6.42 Å². The first-order chi connectivity index (χ1) is 7.79. The molecule has 1 aliphatic rings. The summed E-state index contributed by atoms with van der Waals surface area (Å²) < 4.78 is 5.30. The van der Waals surface area contributed by atoms with Gasteiger partial charge < -0.3 is 15.4 Å². The molecular formula is C12H24N2O2. The topological polar surface area (TPSA) is 55.6 Å². The Kier molecular flexibility index (Phi) is 6.42. The quantitative estimate of drug-likeness (QED) is 0.634. The van der Waals surface area contributed by atoms with Gasteiger partial charge in [0.05, 0.1) is 0 Å². The SMILES string of the molecule is CCCOCC(=O)N(CCCN)C1CCC1. The number of carbonyl (C=O) groups is 1. The fourth-order valence-corrected chi connectivity index (χ4v) is 1.86. The second-order valence-electron chi connectivity index (χ2n) is 4.37. The summed E-state index contributed by atoms with van der Waals surface area (Å²) in [6, 6.07) is 0.448. The van der Waals surface area contributed by atoms with E-state index in [0.29, 0.717) is 19.2 Å². The Hall–Kier alpha value is -0.610. The Morgan fingerprint density at radius 1 is 1.50 bits per heavy atom. The van der Waals surface area contributed by atoms with Gasteiger partial charge in [0, 0.05) is 19.2 Å². The van der Waals surface area contributed by atoms with Crippen molar-refractivity contribution in [2.75, 3.05) is 26.3 Å². The Morgan fingerprint density at radius 2 is 2.25 bits per heavy atom. The van der Waals surface area contributed by atoms with E-state index < -0.39 is 0 Å². The van der Waals surface area contributed by atoms with E-state index in [0.717, 1.165) is 32.2 Å². The van der Waals surface area contributed by atoms with Crippen LogP contribution in [-0.2, 0) is 9.53 Å². The van der Waals surface area contributed by atoms with Gasteiger partial charge in [-0.1, -0.05) is 6.92 Å². The van der Waals surface area contributed by atoms with Gasteiger partial charge in [-0.2, -0.15) is 0 Å². The summed E-state index contributed by atoms with van der Waals surface area (Å²) in [6.45, 7) is 4.38. The maximum atomic E-state index is 11.9. The molecule has 16 heavy (non-hydrogen) atoms. The van der Waals surface area contributed by atoms with Crippen LogP contribution in [0.5, 0.6) is 0 Å². The summed E-state index contributed by atoms with van der Waals surface area (Å²) in [5.41, 5.74) is 5.49. The summed E-state index contributed by atoms with van der Waals surface area (Å²) >= 11 is 0. The van der Waals surface area contributed by atoms with Crippen molar-refractivity contribution >= 4 is 5.91 Å². The van der Waals surface area contributed by atoms with Crippen molar-refractivity contribution in [3.8, 4) is 0 Å². The van der Waals surface area contributed by atoms with Gasteiger partial charge in [-0.05, 0) is 38.6 Å². The van der Waals surface area contributed by atoms with Crippen LogP contribution < -0.4 is 5.73 Å². The van der Waals surface area contributed by atoms with Crippen LogP contribution in [0.4, 0.5) is 0 Å². The molecule has 0 aromatic heterocycles. The lowest BCUT2D eigenvalue weighted by Crippen LogP contribution is -2.46. The van der Waals surface area contributed by atoms with Crippen molar-refractivity contribution in [3.63, 3.8) is 0 Å². The van der Waals surface area contributed by atoms with Crippen molar-refractivity contribution in [1.82, 2.24) is 4.90 Å². The minimum atomic E-state index is 0.131. The second-order valence-corrected chi connectivity index (χ2v) is 4.37. The van der Waals surface area contributed by atoms with Gasteiger partial charge >= 0.3 is 0 Å². The van der Waals surface area contributed by atoms with E-state index in [1.807, 2.05) is 11.8 Å². The van der Waals surface area contributed by atoms with Gasteiger partial charge in [0.1, 0.15) is 6.61 Å². The zero-order valence-corrected chi connectivity index (χ0v) is 10.3. The monoisotopic (exact) mass is 228 g/mol. The molecule has 0 spiro atoms. The second kappa shape index (κ2) is 7.63. The van der Waals surface area contributed by atoms with Crippen LogP contribution in [0.1, 0.15) is 39.0 Å². The highest BCUT2D eigenvalue weighted by Gasteiger charge is 2.27. The van der Waals surface area contributed by atoms with Crippen molar-refractivity contribution < 1.29 is 9.53 Å². The number of rotatable bonds is 8. The number of hydrogen-bond acceptors (Lipinski definition) is 3. The molecule has 0 unspecified atom stereocenters. The van der Waals surface area contributed by atoms with E-state index in [-0.39, 0.29) is 12.5 Å². The maximum Gasteiger partial charge on any atom is 0.248 e. The molecule has 0 aromatic rings. The molecule has 1 amide bonds. The van der Waals surface area contributed by atoms with E-state index in [1.54, 1.807) is 0 Å². The fourth-order valence-electron chi connectivity index (χ4n) is 1.86. The molecule has 0 heterocycles. The average molecular weight is 228 g/mol. The Labute approximate surface area is 98.1 Å².